The summed E-state index contributed by atoms with van der Waals surface area (Å²) in [5.41, 5.74) is 4.71. The van der Waals surface area contributed by atoms with E-state index >= 15 is 0 Å². The fourth-order valence-corrected chi connectivity index (χ4v) is 4.00. The van der Waals surface area contributed by atoms with Gasteiger partial charge in [0.1, 0.15) is 11.9 Å². The summed E-state index contributed by atoms with van der Waals surface area (Å²) in [6, 6.07) is 1.89. The van der Waals surface area contributed by atoms with E-state index in [0.717, 1.165) is 55.7 Å². The first-order chi connectivity index (χ1) is 14.6. The Morgan fingerprint density at radius 1 is 1.33 bits per heavy atom. The average molecular weight is 407 g/mol. The van der Waals surface area contributed by atoms with Crippen LogP contribution >= 0.6 is 0 Å². The van der Waals surface area contributed by atoms with E-state index < -0.39 is 0 Å². The molecule has 30 heavy (non-hydrogen) atoms. The van der Waals surface area contributed by atoms with E-state index in [9.17, 15) is 4.79 Å². The predicted molar refractivity (Wildman–Crippen MR) is 119 cm³/mol. The highest BCUT2D eigenvalue weighted by atomic mass is 16.2. The van der Waals surface area contributed by atoms with Gasteiger partial charge in [-0.2, -0.15) is 10.2 Å². The van der Waals surface area contributed by atoms with E-state index in [1.54, 1.807) is 0 Å². The summed E-state index contributed by atoms with van der Waals surface area (Å²) in [4.78, 5) is 17.2. The van der Waals surface area contributed by atoms with Crippen molar-refractivity contribution in [2.75, 3.05) is 6.54 Å². The Morgan fingerprint density at radius 2 is 2.23 bits per heavy atom. The van der Waals surface area contributed by atoms with E-state index in [1.165, 1.54) is 5.56 Å². The fourth-order valence-electron chi connectivity index (χ4n) is 4.00. The summed E-state index contributed by atoms with van der Waals surface area (Å²) < 4.78 is 0. The van der Waals surface area contributed by atoms with Gasteiger partial charge in [-0.1, -0.05) is 26.3 Å². The lowest BCUT2D eigenvalue weighted by atomic mass is 9.88. The number of rotatable bonds is 6. The molecule has 1 aromatic heterocycles. The zero-order valence-electron chi connectivity index (χ0n) is 17.7. The van der Waals surface area contributed by atoms with Gasteiger partial charge in [-0.3, -0.25) is 9.78 Å². The van der Waals surface area contributed by atoms with Crippen molar-refractivity contribution in [2.45, 2.75) is 52.2 Å². The molecule has 0 aliphatic carbocycles. The van der Waals surface area contributed by atoms with Gasteiger partial charge in [0.05, 0.1) is 11.4 Å². The third kappa shape index (κ3) is 4.84. The molecule has 158 valence electrons. The van der Waals surface area contributed by atoms with E-state index in [4.69, 9.17) is 0 Å². The summed E-state index contributed by atoms with van der Waals surface area (Å²) in [6.45, 7) is 6.22. The first-order valence-electron chi connectivity index (χ1n) is 10.8. The highest BCUT2D eigenvalue weighted by Gasteiger charge is 2.25. The zero-order valence-corrected chi connectivity index (χ0v) is 17.7. The molecule has 2 unspecified atom stereocenters. The predicted octanol–water partition coefficient (Wildman–Crippen LogP) is 2.71. The van der Waals surface area contributed by atoms with Gasteiger partial charge in [0, 0.05) is 24.9 Å². The van der Waals surface area contributed by atoms with Gasteiger partial charge in [0.25, 0.3) is 5.91 Å². The van der Waals surface area contributed by atoms with E-state index in [-0.39, 0.29) is 12.1 Å². The smallest absolute Gasteiger partial charge is 0.271 e. The van der Waals surface area contributed by atoms with Crippen LogP contribution in [-0.4, -0.2) is 35.5 Å². The molecule has 3 aliphatic heterocycles. The van der Waals surface area contributed by atoms with Crippen LogP contribution in [0, 0.1) is 11.8 Å². The Labute approximate surface area is 177 Å². The molecule has 0 bridgehead atoms. The first-order valence-corrected chi connectivity index (χ1v) is 10.8. The van der Waals surface area contributed by atoms with Crippen LogP contribution in [0.4, 0.5) is 0 Å². The van der Waals surface area contributed by atoms with Crippen LogP contribution in [0.25, 0.3) is 0 Å². The summed E-state index contributed by atoms with van der Waals surface area (Å²) in [5.74, 6) is 0.817. The second kappa shape index (κ2) is 9.34. The maximum absolute atomic E-state index is 12.8. The van der Waals surface area contributed by atoms with Gasteiger partial charge >= 0.3 is 0 Å². The first kappa shape index (κ1) is 20.5. The largest absolute Gasteiger partial charge is 0.360 e. The molecule has 0 aromatic carbocycles. The Kier molecular flexibility index (Phi) is 6.38. The highest BCUT2D eigenvalue weighted by Crippen LogP contribution is 2.23. The third-order valence-electron chi connectivity index (χ3n) is 5.76. The molecule has 4 heterocycles. The summed E-state index contributed by atoms with van der Waals surface area (Å²) >= 11 is 0. The number of pyridine rings is 1. The monoisotopic (exact) mass is 406 g/mol. The Balaban J connectivity index is 1.41. The summed E-state index contributed by atoms with van der Waals surface area (Å²) in [5, 5.41) is 18.3. The van der Waals surface area contributed by atoms with Crippen LogP contribution in [0.5, 0.6) is 0 Å². The number of hydrogen-bond acceptors (Lipinski definition) is 6. The molecule has 0 radical (unpaired) electrons. The standard InChI is InChI=1S/C23H30N6O/c1-15(2)6-7-16-9-11-26-29-22(16)19-4-3-5-21(27-19)28-23(30)20-12-18-13-24-10-8-17(18)14-25-20/h3-5,11-12,14-16,21,24,27H,6-10,13H2,1-2H3,(H,28,30). The minimum Gasteiger partial charge on any atom is -0.360 e. The number of carbonyl (C=O) groups is 1. The molecule has 1 amide bonds. The maximum Gasteiger partial charge on any atom is 0.271 e. The Bertz CT molecular complexity index is 914. The van der Waals surface area contributed by atoms with Crippen molar-refractivity contribution in [1.82, 2.24) is 20.9 Å². The molecule has 2 atom stereocenters. The van der Waals surface area contributed by atoms with Gasteiger partial charge in [0.2, 0.25) is 0 Å². The lowest BCUT2D eigenvalue weighted by Gasteiger charge is -2.27. The van der Waals surface area contributed by atoms with Crippen molar-refractivity contribution in [2.24, 2.45) is 22.0 Å². The molecule has 0 spiro atoms. The average Bonchev–Trinajstić information content (AvgIpc) is 2.77. The lowest BCUT2D eigenvalue weighted by Crippen LogP contribution is -2.47. The van der Waals surface area contributed by atoms with E-state index in [0.29, 0.717) is 17.5 Å². The molecule has 3 N–H and O–H groups in total. The SMILES string of the molecule is CC(C)CCC1CC=NN=C1C1=CC=CC(NC(=O)c2cc3c(cn2)CCNC3)N1. The second-order valence-electron chi connectivity index (χ2n) is 8.51. The molecular weight excluding hydrogens is 376 g/mol. The number of allylic oxidation sites excluding steroid dienone is 3. The van der Waals surface area contributed by atoms with Crippen LogP contribution in [-0.2, 0) is 13.0 Å². The van der Waals surface area contributed by atoms with Crippen LogP contribution in [0.2, 0.25) is 0 Å². The van der Waals surface area contributed by atoms with Gasteiger partial charge in [-0.05, 0) is 61.1 Å². The minimum atomic E-state index is -0.312. The molecule has 4 rings (SSSR count). The number of amides is 1. The number of fused-ring (bicyclic) bond motifs is 1. The molecule has 0 saturated heterocycles. The van der Waals surface area contributed by atoms with Crippen molar-refractivity contribution in [3.8, 4) is 0 Å². The van der Waals surface area contributed by atoms with Crippen LogP contribution in [0.3, 0.4) is 0 Å². The molecule has 1 aromatic rings. The van der Waals surface area contributed by atoms with Crippen LogP contribution in [0.15, 0.2) is 46.4 Å². The van der Waals surface area contributed by atoms with E-state index in [1.807, 2.05) is 36.7 Å². The van der Waals surface area contributed by atoms with Crippen molar-refractivity contribution >= 4 is 17.8 Å². The Morgan fingerprint density at radius 3 is 3.10 bits per heavy atom. The third-order valence-corrected chi connectivity index (χ3v) is 5.76. The zero-order chi connectivity index (χ0) is 20.9. The number of nitrogens with zero attached hydrogens (tertiary/aromatic N) is 3. The molecule has 0 saturated carbocycles. The lowest BCUT2D eigenvalue weighted by molar-refractivity contribution is 0.0935. The topological polar surface area (TPSA) is 90.8 Å². The quantitative estimate of drug-likeness (QED) is 0.677. The molecular formula is C23H30N6O. The van der Waals surface area contributed by atoms with Crippen molar-refractivity contribution in [1.29, 1.82) is 0 Å². The molecule has 7 heteroatoms. The number of hydrogen-bond donors (Lipinski definition) is 3. The number of aromatic nitrogens is 1. The summed E-state index contributed by atoms with van der Waals surface area (Å²) in [7, 11) is 0. The highest BCUT2D eigenvalue weighted by molar-refractivity contribution is 6.04. The fraction of sp³-hybridized carbons (Fsp3) is 0.478. The normalized spacial score (nSPS) is 22.8. The van der Waals surface area contributed by atoms with Crippen molar-refractivity contribution in [3.63, 3.8) is 0 Å². The molecule has 0 fully saturated rings. The molecule has 7 nitrogen and oxygen atoms in total. The van der Waals surface area contributed by atoms with Crippen LogP contribution in [0.1, 0.15) is 54.7 Å². The maximum atomic E-state index is 12.8. The van der Waals surface area contributed by atoms with E-state index in [2.05, 4.69) is 45.0 Å². The second-order valence-corrected chi connectivity index (χ2v) is 8.51. The number of carbonyl (C=O) groups excluding carboxylic acids is 1. The number of nitrogens with one attached hydrogen (secondary N) is 3. The van der Waals surface area contributed by atoms with Gasteiger partial charge in [0.15, 0.2) is 0 Å². The van der Waals surface area contributed by atoms with Crippen molar-refractivity contribution < 1.29 is 4.79 Å². The molecule has 3 aliphatic rings. The Hall–Kier alpha value is -2.80. The summed E-state index contributed by atoms with van der Waals surface area (Å²) in [6.07, 6.45) is 13.4. The van der Waals surface area contributed by atoms with Crippen LogP contribution < -0.4 is 16.0 Å². The van der Waals surface area contributed by atoms with Gasteiger partial charge in [-0.25, -0.2) is 0 Å². The minimum absolute atomic E-state index is 0.188. The number of dihydropyridines is 1. The van der Waals surface area contributed by atoms with Gasteiger partial charge in [-0.15, -0.1) is 0 Å². The van der Waals surface area contributed by atoms with Crippen molar-refractivity contribution in [3.05, 3.63) is 53.0 Å². The van der Waals surface area contributed by atoms with Gasteiger partial charge < -0.3 is 16.0 Å².